The van der Waals surface area contributed by atoms with E-state index < -0.39 is 5.97 Å². The van der Waals surface area contributed by atoms with Gasteiger partial charge in [0.1, 0.15) is 0 Å². The highest BCUT2D eigenvalue weighted by atomic mass is 16.5. The van der Waals surface area contributed by atoms with E-state index >= 15 is 0 Å². The van der Waals surface area contributed by atoms with Gasteiger partial charge in [-0.2, -0.15) is 0 Å². The lowest BCUT2D eigenvalue weighted by atomic mass is 9.99. The zero-order chi connectivity index (χ0) is 14.5. The molecule has 2 rings (SSSR count). The van der Waals surface area contributed by atoms with Crippen LogP contribution < -0.4 is 0 Å². The highest BCUT2D eigenvalue weighted by molar-refractivity contribution is 5.99. The molecule has 5 heteroatoms. The number of methoxy groups -OCH3 is 1. The minimum atomic E-state index is -0.527. The van der Waals surface area contributed by atoms with E-state index in [1.807, 2.05) is 31.2 Å². The van der Waals surface area contributed by atoms with Crippen LogP contribution in [0.2, 0.25) is 0 Å². The molecule has 0 aromatic heterocycles. The maximum atomic E-state index is 11.7. The van der Waals surface area contributed by atoms with Gasteiger partial charge in [0.25, 0.3) is 0 Å². The molecule has 0 radical (unpaired) electrons. The smallest absolute Gasteiger partial charge is 0.338 e. The van der Waals surface area contributed by atoms with E-state index in [1.54, 1.807) is 18.2 Å². The highest BCUT2D eigenvalue weighted by Gasteiger charge is 2.15. The summed E-state index contributed by atoms with van der Waals surface area (Å²) in [4.78, 5) is 14.5. The van der Waals surface area contributed by atoms with Crippen molar-refractivity contribution < 1.29 is 9.53 Å². The maximum absolute atomic E-state index is 11.7. The normalized spacial score (nSPS) is 9.70. The van der Waals surface area contributed by atoms with Gasteiger partial charge in [-0.3, -0.25) is 0 Å². The first-order valence-electron chi connectivity index (χ1n) is 6.01. The van der Waals surface area contributed by atoms with Crippen molar-refractivity contribution in [3.63, 3.8) is 0 Å². The molecule has 0 saturated heterocycles. The van der Waals surface area contributed by atoms with E-state index in [9.17, 15) is 4.79 Å². The predicted molar refractivity (Wildman–Crippen MR) is 76.8 cm³/mol. The van der Waals surface area contributed by atoms with Gasteiger partial charge >= 0.3 is 5.97 Å². The first-order chi connectivity index (χ1) is 9.67. The number of azide groups is 1. The molecule has 5 nitrogen and oxygen atoms in total. The Morgan fingerprint density at radius 3 is 2.50 bits per heavy atom. The second-order valence-electron chi connectivity index (χ2n) is 4.25. The number of rotatable bonds is 3. The van der Waals surface area contributed by atoms with Crippen LogP contribution in [0.25, 0.3) is 21.6 Å². The number of carbonyl (C=O) groups is 1. The molecule has 0 bridgehead atoms. The molecule has 0 aliphatic carbocycles. The van der Waals surface area contributed by atoms with Crippen LogP contribution in [0.3, 0.4) is 0 Å². The standard InChI is InChI=1S/C15H13N3O2/c1-10-6-8-11(9-7-10)12-4-3-5-13(15(19)20-2)14(12)17-18-16/h3-9H,1-2H3. The van der Waals surface area contributed by atoms with E-state index in [1.165, 1.54) is 7.11 Å². The van der Waals surface area contributed by atoms with Crippen molar-refractivity contribution in [3.05, 3.63) is 64.0 Å². The fourth-order valence-corrected chi connectivity index (χ4v) is 1.94. The van der Waals surface area contributed by atoms with Crippen LogP contribution >= 0.6 is 0 Å². The van der Waals surface area contributed by atoms with Crippen LogP contribution in [0.4, 0.5) is 5.69 Å². The van der Waals surface area contributed by atoms with Crippen LogP contribution in [0, 0.1) is 6.92 Å². The summed E-state index contributed by atoms with van der Waals surface area (Å²) in [7, 11) is 1.29. The molecule has 100 valence electrons. The average Bonchev–Trinajstić information content (AvgIpc) is 2.48. The molecule has 0 fully saturated rings. The fraction of sp³-hybridized carbons (Fsp3) is 0.133. The lowest BCUT2D eigenvalue weighted by molar-refractivity contribution is 0.0601. The Bertz CT molecular complexity index is 687. The Morgan fingerprint density at radius 2 is 1.90 bits per heavy atom. The molecule has 2 aromatic carbocycles. The highest BCUT2D eigenvalue weighted by Crippen LogP contribution is 2.34. The van der Waals surface area contributed by atoms with Crippen LogP contribution in [0.1, 0.15) is 15.9 Å². The van der Waals surface area contributed by atoms with Gasteiger partial charge in [-0.05, 0) is 29.6 Å². The third kappa shape index (κ3) is 2.63. The third-order valence-corrected chi connectivity index (χ3v) is 2.95. The van der Waals surface area contributed by atoms with Gasteiger partial charge < -0.3 is 4.74 Å². The first kappa shape index (κ1) is 13.6. The minimum Gasteiger partial charge on any atom is -0.465 e. The Kier molecular flexibility index (Phi) is 4.03. The van der Waals surface area contributed by atoms with Gasteiger partial charge in [-0.1, -0.05) is 47.1 Å². The average molecular weight is 267 g/mol. The molecule has 0 amide bonds. The molecule has 0 spiro atoms. The van der Waals surface area contributed by atoms with E-state index in [4.69, 9.17) is 10.3 Å². The molecule has 20 heavy (non-hydrogen) atoms. The largest absolute Gasteiger partial charge is 0.465 e. The summed E-state index contributed by atoms with van der Waals surface area (Å²) in [6, 6.07) is 12.9. The van der Waals surface area contributed by atoms with Crippen molar-refractivity contribution in [1.29, 1.82) is 0 Å². The molecule has 0 aliphatic rings. The molecular weight excluding hydrogens is 254 g/mol. The summed E-state index contributed by atoms with van der Waals surface area (Å²) in [5.74, 6) is -0.527. The van der Waals surface area contributed by atoms with E-state index in [2.05, 4.69) is 10.0 Å². The minimum absolute atomic E-state index is 0.253. The molecule has 0 heterocycles. The van der Waals surface area contributed by atoms with Crippen LogP contribution in [-0.2, 0) is 4.74 Å². The van der Waals surface area contributed by atoms with E-state index in [-0.39, 0.29) is 11.3 Å². The first-order valence-corrected chi connectivity index (χ1v) is 6.01. The number of hydrogen-bond donors (Lipinski definition) is 0. The van der Waals surface area contributed by atoms with Crippen LogP contribution in [0.15, 0.2) is 47.6 Å². The molecule has 0 saturated carbocycles. The van der Waals surface area contributed by atoms with Crippen molar-refractivity contribution in [3.8, 4) is 11.1 Å². The van der Waals surface area contributed by atoms with Gasteiger partial charge in [-0.15, -0.1) is 0 Å². The van der Waals surface area contributed by atoms with Gasteiger partial charge in [0.05, 0.1) is 18.4 Å². The quantitative estimate of drug-likeness (QED) is 0.358. The second-order valence-corrected chi connectivity index (χ2v) is 4.25. The zero-order valence-electron chi connectivity index (χ0n) is 11.2. The Morgan fingerprint density at radius 1 is 1.20 bits per heavy atom. The van der Waals surface area contributed by atoms with E-state index in [0.29, 0.717) is 5.56 Å². The van der Waals surface area contributed by atoms with Crippen molar-refractivity contribution in [2.45, 2.75) is 6.92 Å². The monoisotopic (exact) mass is 267 g/mol. The Balaban J connectivity index is 2.66. The number of ether oxygens (including phenoxy) is 1. The van der Waals surface area contributed by atoms with Crippen molar-refractivity contribution in [2.75, 3.05) is 7.11 Å². The number of hydrogen-bond acceptors (Lipinski definition) is 3. The van der Waals surface area contributed by atoms with Gasteiger partial charge in [0.2, 0.25) is 0 Å². The van der Waals surface area contributed by atoms with Gasteiger partial charge in [-0.25, -0.2) is 4.79 Å². The lowest BCUT2D eigenvalue weighted by Crippen LogP contribution is -2.01. The van der Waals surface area contributed by atoms with Crippen molar-refractivity contribution >= 4 is 11.7 Å². The molecule has 0 unspecified atom stereocenters. The van der Waals surface area contributed by atoms with E-state index in [0.717, 1.165) is 11.1 Å². The Hall–Kier alpha value is -2.78. The molecule has 2 aromatic rings. The summed E-state index contributed by atoms with van der Waals surface area (Å²) in [6.07, 6.45) is 0. The Labute approximate surface area is 116 Å². The summed E-state index contributed by atoms with van der Waals surface area (Å²) in [5.41, 5.74) is 12.0. The number of benzene rings is 2. The van der Waals surface area contributed by atoms with Crippen LogP contribution in [0.5, 0.6) is 0 Å². The number of aryl methyl sites for hydroxylation is 1. The predicted octanol–water partition coefficient (Wildman–Crippen LogP) is 4.39. The molecule has 0 N–H and O–H groups in total. The fourth-order valence-electron chi connectivity index (χ4n) is 1.94. The van der Waals surface area contributed by atoms with Crippen molar-refractivity contribution in [1.82, 2.24) is 0 Å². The lowest BCUT2D eigenvalue weighted by Gasteiger charge is -2.10. The SMILES string of the molecule is COC(=O)c1cccc(-c2ccc(C)cc2)c1N=[N+]=[N-]. The third-order valence-electron chi connectivity index (χ3n) is 2.95. The second kappa shape index (κ2) is 5.91. The summed E-state index contributed by atoms with van der Waals surface area (Å²) in [5, 5.41) is 3.65. The topological polar surface area (TPSA) is 75.1 Å². The molecule has 0 aliphatic heterocycles. The molecular formula is C15H13N3O2. The summed E-state index contributed by atoms with van der Waals surface area (Å²) in [6.45, 7) is 1.99. The van der Waals surface area contributed by atoms with Gasteiger partial charge in [0, 0.05) is 4.91 Å². The van der Waals surface area contributed by atoms with Crippen LogP contribution in [-0.4, -0.2) is 13.1 Å². The zero-order valence-corrected chi connectivity index (χ0v) is 11.2. The summed E-state index contributed by atoms with van der Waals surface area (Å²) >= 11 is 0. The number of carbonyl (C=O) groups excluding carboxylic acids is 1. The maximum Gasteiger partial charge on any atom is 0.338 e. The number of esters is 1. The van der Waals surface area contributed by atoms with Crippen molar-refractivity contribution in [2.24, 2.45) is 5.11 Å². The number of nitrogens with zero attached hydrogens (tertiary/aromatic N) is 3. The van der Waals surface area contributed by atoms with Gasteiger partial charge in [0.15, 0.2) is 0 Å². The summed E-state index contributed by atoms with van der Waals surface area (Å²) < 4.78 is 4.71. The molecule has 0 atom stereocenters.